The fourth-order valence-corrected chi connectivity index (χ4v) is 5.09. The van der Waals surface area contributed by atoms with Crippen molar-refractivity contribution >= 4 is 44.0 Å². The van der Waals surface area contributed by atoms with Gasteiger partial charge >= 0.3 is 6.30 Å². The zero-order valence-corrected chi connectivity index (χ0v) is 19.2. The summed E-state index contributed by atoms with van der Waals surface area (Å²) < 4.78 is 69.9. The number of sulfonamides is 1. The molecule has 0 aliphatic carbocycles. The molecule has 3 aromatic rings. The molecular weight excluding hydrogens is 505 g/mol. The van der Waals surface area contributed by atoms with Crippen molar-refractivity contribution in [3.05, 3.63) is 64.1 Å². The monoisotopic (exact) mass is 520 g/mol. The van der Waals surface area contributed by atoms with E-state index in [1.54, 1.807) is 12.1 Å². The van der Waals surface area contributed by atoms with Crippen LogP contribution in [0, 0.1) is 0 Å². The lowest BCUT2D eigenvalue weighted by Crippen LogP contribution is -2.43. The molecule has 0 aliphatic rings. The molecule has 0 saturated heterocycles. The molecule has 0 fully saturated rings. The molecule has 1 aromatic heterocycles. The largest absolute Gasteiger partial charge is 0.500 e. The van der Waals surface area contributed by atoms with Gasteiger partial charge in [0.05, 0.1) is 17.6 Å². The number of rotatable bonds is 8. The number of alkyl halides is 3. The summed E-state index contributed by atoms with van der Waals surface area (Å²) in [7, 11) is -3.54. The molecule has 0 radical (unpaired) electrons. The molecule has 0 unspecified atom stereocenters. The number of halogens is 4. The summed E-state index contributed by atoms with van der Waals surface area (Å²) in [5.74, 6) is -0.0810. The number of methoxy groups -OCH3 is 1. The number of anilines is 1. The van der Waals surface area contributed by atoms with Gasteiger partial charge in [-0.3, -0.25) is 4.79 Å². The standard InChI is InChI=1S/C19H16ClF3N4O4S2/c1-31-16-7-4-13(20)10-15(16)17(28)24-9-8-12-2-5-14(6-3-12)33(29,30)27(19(21,22)23)18-26-25-11-32-18/h2-7,10-11H,8-9H2,1H3,(H,24,28). The number of carbonyl (C=O) groups excluding carboxylic acids is 1. The second-order valence-corrected chi connectivity index (χ2v) is 9.49. The molecule has 176 valence electrons. The van der Waals surface area contributed by atoms with Crippen LogP contribution in [-0.2, 0) is 16.4 Å². The highest BCUT2D eigenvalue weighted by atomic mass is 35.5. The average Bonchev–Trinajstić information content (AvgIpc) is 3.26. The lowest BCUT2D eigenvalue weighted by atomic mass is 10.1. The first kappa shape index (κ1) is 24.7. The molecule has 0 atom stereocenters. The van der Waals surface area contributed by atoms with E-state index in [-0.39, 0.29) is 12.1 Å². The Morgan fingerprint density at radius 1 is 1.21 bits per heavy atom. The Morgan fingerprint density at radius 2 is 1.91 bits per heavy atom. The van der Waals surface area contributed by atoms with Gasteiger partial charge in [-0.05, 0) is 42.3 Å². The number of hydrogen-bond acceptors (Lipinski definition) is 7. The van der Waals surface area contributed by atoms with Crippen LogP contribution in [0.4, 0.5) is 18.3 Å². The molecule has 0 saturated carbocycles. The maximum atomic E-state index is 13.4. The molecule has 14 heteroatoms. The lowest BCUT2D eigenvalue weighted by molar-refractivity contribution is -0.115. The number of nitrogens with one attached hydrogen (secondary N) is 1. The Morgan fingerprint density at radius 3 is 2.48 bits per heavy atom. The van der Waals surface area contributed by atoms with Crippen LogP contribution >= 0.6 is 22.9 Å². The molecule has 1 N–H and O–H groups in total. The summed E-state index contributed by atoms with van der Waals surface area (Å²) in [4.78, 5) is 11.8. The van der Waals surface area contributed by atoms with Gasteiger partial charge < -0.3 is 10.1 Å². The van der Waals surface area contributed by atoms with Crippen molar-refractivity contribution in [2.75, 3.05) is 18.0 Å². The predicted molar refractivity (Wildman–Crippen MR) is 116 cm³/mol. The molecule has 8 nitrogen and oxygen atoms in total. The van der Waals surface area contributed by atoms with E-state index in [0.717, 1.165) is 17.6 Å². The lowest BCUT2D eigenvalue weighted by Gasteiger charge is -2.23. The van der Waals surface area contributed by atoms with E-state index in [0.29, 0.717) is 34.1 Å². The van der Waals surface area contributed by atoms with Gasteiger partial charge in [-0.25, -0.2) is 8.42 Å². The van der Waals surface area contributed by atoms with Gasteiger partial charge in [0.25, 0.3) is 15.9 Å². The Balaban J connectivity index is 1.69. The van der Waals surface area contributed by atoms with Gasteiger partial charge in [-0.2, -0.15) is 0 Å². The summed E-state index contributed by atoms with van der Waals surface area (Å²) in [5, 5.41) is 8.74. The summed E-state index contributed by atoms with van der Waals surface area (Å²) in [6.07, 6.45) is -4.92. The van der Waals surface area contributed by atoms with Gasteiger partial charge in [0, 0.05) is 11.6 Å². The van der Waals surface area contributed by atoms with E-state index >= 15 is 0 Å². The van der Waals surface area contributed by atoms with Crippen molar-refractivity contribution < 1.29 is 31.1 Å². The Labute approximate surface area is 196 Å². The van der Waals surface area contributed by atoms with Gasteiger partial charge in [0.15, 0.2) is 0 Å². The first-order valence-corrected chi connectivity index (χ1v) is 11.8. The summed E-state index contributed by atoms with van der Waals surface area (Å²) >= 11 is 6.36. The first-order valence-electron chi connectivity index (χ1n) is 9.13. The normalized spacial score (nSPS) is 11.8. The van der Waals surface area contributed by atoms with E-state index in [4.69, 9.17) is 16.3 Å². The van der Waals surface area contributed by atoms with Gasteiger partial charge in [-0.1, -0.05) is 35.1 Å². The SMILES string of the molecule is COc1ccc(Cl)cc1C(=O)NCCc1ccc(S(=O)(=O)N(c2nncs2)C(F)(F)F)cc1. The van der Waals surface area contributed by atoms with Crippen LogP contribution < -0.4 is 14.4 Å². The minimum Gasteiger partial charge on any atom is -0.496 e. The van der Waals surface area contributed by atoms with Crippen molar-refractivity contribution in [3.63, 3.8) is 0 Å². The van der Waals surface area contributed by atoms with E-state index in [2.05, 4.69) is 15.5 Å². The predicted octanol–water partition coefficient (Wildman–Crippen LogP) is 3.89. The van der Waals surface area contributed by atoms with Crippen LogP contribution in [0.3, 0.4) is 0 Å². The van der Waals surface area contributed by atoms with Crippen LogP contribution in [0.1, 0.15) is 15.9 Å². The maximum Gasteiger partial charge on any atom is 0.500 e. The smallest absolute Gasteiger partial charge is 0.496 e. The van der Waals surface area contributed by atoms with Crippen LogP contribution in [-0.4, -0.2) is 44.5 Å². The highest BCUT2D eigenvalue weighted by molar-refractivity contribution is 7.93. The van der Waals surface area contributed by atoms with Crippen molar-refractivity contribution in [1.82, 2.24) is 15.5 Å². The number of nitrogens with zero attached hydrogens (tertiary/aromatic N) is 3. The van der Waals surface area contributed by atoms with Crippen LogP contribution in [0.2, 0.25) is 5.02 Å². The van der Waals surface area contributed by atoms with E-state index in [1.165, 1.54) is 25.3 Å². The third kappa shape index (κ3) is 5.72. The molecular formula is C19H16ClF3N4O4S2. The molecule has 3 rings (SSSR count). The molecule has 1 amide bonds. The summed E-state index contributed by atoms with van der Waals surface area (Å²) in [6, 6.07) is 9.46. The van der Waals surface area contributed by atoms with Gasteiger partial charge in [-0.15, -0.1) is 27.7 Å². The molecule has 0 aliphatic heterocycles. The number of ether oxygens (including phenoxy) is 1. The number of carbonyl (C=O) groups is 1. The van der Waals surface area contributed by atoms with Crippen molar-refractivity contribution in [1.29, 1.82) is 0 Å². The van der Waals surface area contributed by atoms with Gasteiger partial charge in [0.2, 0.25) is 5.13 Å². The molecule has 0 bridgehead atoms. The quantitative estimate of drug-likeness (QED) is 0.452. The van der Waals surface area contributed by atoms with Crippen LogP contribution in [0.15, 0.2) is 52.9 Å². The zero-order valence-electron chi connectivity index (χ0n) is 16.8. The van der Waals surface area contributed by atoms with Crippen molar-refractivity contribution in [2.45, 2.75) is 17.6 Å². The fraction of sp³-hybridized carbons (Fsp3) is 0.211. The second kappa shape index (κ2) is 9.93. The number of amides is 1. The third-order valence-electron chi connectivity index (χ3n) is 4.32. The number of aromatic nitrogens is 2. The van der Waals surface area contributed by atoms with E-state index in [9.17, 15) is 26.4 Å². The van der Waals surface area contributed by atoms with E-state index in [1.807, 2.05) is 0 Å². The van der Waals surface area contributed by atoms with Crippen molar-refractivity contribution in [2.24, 2.45) is 0 Å². The Bertz CT molecular complexity index is 1220. The average molecular weight is 521 g/mol. The van der Waals surface area contributed by atoms with Crippen LogP contribution in [0.25, 0.3) is 0 Å². The van der Waals surface area contributed by atoms with E-state index < -0.39 is 36.6 Å². The maximum absolute atomic E-state index is 13.4. The van der Waals surface area contributed by atoms with Crippen LogP contribution in [0.5, 0.6) is 5.75 Å². The molecule has 33 heavy (non-hydrogen) atoms. The highest BCUT2D eigenvalue weighted by Crippen LogP contribution is 2.35. The number of benzene rings is 2. The van der Waals surface area contributed by atoms with Gasteiger partial charge in [0.1, 0.15) is 11.3 Å². The first-order chi connectivity index (χ1) is 15.5. The highest BCUT2D eigenvalue weighted by Gasteiger charge is 2.48. The Hall–Kier alpha value is -2.90. The van der Waals surface area contributed by atoms with Crippen molar-refractivity contribution in [3.8, 4) is 5.75 Å². The minimum atomic E-state index is -5.22. The number of hydrogen-bond donors (Lipinski definition) is 1. The second-order valence-electron chi connectivity index (χ2n) is 6.45. The fourth-order valence-electron chi connectivity index (χ4n) is 2.81. The minimum absolute atomic E-state index is 0.181. The summed E-state index contributed by atoms with van der Waals surface area (Å²) in [5.41, 5.74) is 1.84. The Kier molecular flexibility index (Phi) is 7.44. The molecule has 0 spiro atoms. The zero-order chi connectivity index (χ0) is 24.2. The molecule has 2 aromatic carbocycles. The topological polar surface area (TPSA) is 101 Å². The third-order valence-corrected chi connectivity index (χ3v) is 7.07. The summed E-state index contributed by atoms with van der Waals surface area (Å²) in [6.45, 7) is 0.181. The molecule has 1 heterocycles.